The standard InChI is InChI=1S/C67H121N2O6P/c1-6-8-10-12-14-16-18-20-22-24-26-28-30-32-33-34-35-37-39-41-43-45-47-49-51-53-55-57-59-61-67(71)68-65(64-75-76(72,73)74-63-62-69(3,4)5)66(70)60-58-56-54-52-50-48-46-44-42-40-38-36-31-29-27-25-23-21-19-17-15-13-11-9-7-2/h8,10,14,16,20,22,26,28,32-33,35,37,50,52,58,60,65-66,70H,6-7,9,11-13,15,17-19,21,23-25,27,29-31,34,36,38-49,51,53-57,59,61-64H2,1-5H3,(H-,68,71,72,73)/p+1/b10-8-,16-14-,22-20-,28-26-,33-32-,37-35-,52-50+,60-58+. The number of rotatable bonds is 57. The number of hydrogen-bond donors (Lipinski definition) is 3. The van der Waals surface area contributed by atoms with Crippen LogP contribution in [0.1, 0.15) is 271 Å². The number of carbonyl (C=O) groups is 1. The van der Waals surface area contributed by atoms with Crippen LogP contribution in [0.15, 0.2) is 97.2 Å². The van der Waals surface area contributed by atoms with Crippen LogP contribution in [-0.2, 0) is 18.4 Å². The molecule has 0 bridgehead atoms. The van der Waals surface area contributed by atoms with Crippen molar-refractivity contribution in [3.8, 4) is 0 Å². The molecule has 0 fully saturated rings. The molecule has 76 heavy (non-hydrogen) atoms. The second-order valence-electron chi connectivity index (χ2n) is 22.4. The van der Waals surface area contributed by atoms with Gasteiger partial charge < -0.3 is 19.8 Å². The van der Waals surface area contributed by atoms with Gasteiger partial charge in [0.15, 0.2) is 0 Å². The third-order valence-electron chi connectivity index (χ3n) is 13.8. The van der Waals surface area contributed by atoms with Gasteiger partial charge in [-0.1, -0.05) is 278 Å². The highest BCUT2D eigenvalue weighted by Crippen LogP contribution is 2.43. The SMILES string of the molecule is CC/C=C\C/C=C\C/C=C\C/C=C\C/C=C\C/C=C\CCCCCCCCCCCCC(=O)NC(COP(=O)(O)OCC[N+](C)(C)C)C(O)/C=C/CC/C=C/CCCCCCCCCCCCCCCCCCCCC. The quantitative estimate of drug-likeness (QED) is 0.0243. The van der Waals surface area contributed by atoms with Crippen molar-refractivity contribution in [2.24, 2.45) is 0 Å². The van der Waals surface area contributed by atoms with E-state index in [9.17, 15) is 19.4 Å². The van der Waals surface area contributed by atoms with Crippen molar-refractivity contribution in [2.45, 2.75) is 283 Å². The molecule has 3 N–H and O–H groups in total. The van der Waals surface area contributed by atoms with Gasteiger partial charge in [-0.15, -0.1) is 0 Å². The lowest BCUT2D eigenvalue weighted by Crippen LogP contribution is -2.45. The van der Waals surface area contributed by atoms with Crippen molar-refractivity contribution >= 4 is 13.7 Å². The molecule has 0 spiro atoms. The van der Waals surface area contributed by atoms with Gasteiger partial charge >= 0.3 is 7.82 Å². The maximum absolute atomic E-state index is 13.0. The Kier molecular flexibility index (Phi) is 55.2. The summed E-state index contributed by atoms with van der Waals surface area (Å²) in [4.78, 5) is 23.4. The number of nitrogens with zero attached hydrogens (tertiary/aromatic N) is 1. The number of nitrogens with one attached hydrogen (secondary N) is 1. The normalized spacial score (nSPS) is 14.5. The van der Waals surface area contributed by atoms with Crippen LogP contribution in [0.25, 0.3) is 0 Å². The van der Waals surface area contributed by atoms with Crippen molar-refractivity contribution in [3.05, 3.63) is 97.2 Å². The van der Waals surface area contributed by atoms with Gasteiger partial charge in [0.25, 0.3) is 0 Å². The monoisotopic (exact) mass is 1080 g/mol. The van der Waals surface area contributed by atoms with Crippen LogP contribution in [-0.4, -0.2) is 73.4 Å². The summed E-state index contributed by atoms with van der Waals surface area (Å²) in [6.45, 7) is 4.70. The number of aliphatic hydroxyl groups is 1. The molecule has 3 atom stereocenters. The molecule has 0 radical (unpaired) electrons. The average Bonchev–Trinajstić information content (AvgIpc) is 3.38. The molecular weight excluding hydrogens is 960 g/mol. The first-order chi connectivity index (χ1) is 37.0. The molecule has 3 unspecified atom stereocenters. The molecule has 9 heteroatoms. The lowest BCUT2D eigenvalue weighted by molar-refractivity contribution is -0.870. The zero-order valence-corrected chi connectivity index (χ0v) is 51.1. The number of carbonyl (C=O) groups excluding carboxylic acids is 1. The van der Waals surface area contributed by atoms with Gasteiger partial charge in [0, 0.05) is 6.42 Å². The lowest BCUT2D eigenvalue weighted by Gasteiger charge is -2.25. The number of hydrogen-bond acceptors (Lipinski definition) is 5. The highest BCUT2D eigenvalue weighted by molar-refractivity contribution is 7.47. The fourth-order valence-electron chi connectivity index (χ4n) is 8.89. The third kappa shape index (κ3) is 59.1. The zero-order valence-electron chi connectivity index (χ0n) is 50.2. The predicted molar refractivity (Wildman–Crippen MR) is 332 cm³/mol. The first kappa shape index (κ1) is 73.4. The summed E-state index contributed by atoms with van der Waals surface area (Å²) in [5.74, 6) is -0.193. The molecule has 0 aliphatic heterocycles. The number of quaternary nitrogens is 1. The van der Waals surface area contributed by atoms with E-state index in [-0.39, 0.29) is 19.1 Å². The van der Waals surface area contributed by atoms with Crippen molar-refractivity contribution in [2.75, 3.05) is 40.9 Å². The Bertz CT molecular complexity index is 1560. The van der Waals surface area contributed by atoms with E-state index in [4.69, 9.17) is 9.05 Å². The first-order valence-electron chi connectivity index (χ1n) is 31.6. The Morgan fingerprint density at radius 2 is 0.803 bits per heavy atom. The van der Waals surface area contributed by atoms with Gasteiger partial charge in [-0.05, 0) is 83.5 Å². The van der Waals surface area contributed by atoms with E-state index in [0.29, 0.717) is 17.4 Å². The minimum atomic E-state index is -4.37. The summed E-state index contributed by atoms with van der Waals surface area (Å²) in [7, 11) is 1.55. The summed E-state index contributed by atoms with van der Waals surface area (Å²) >= 11 is 0. The molecule has 0 saturated heterocycles. The smallest absolute Gasteiger partial charge is 0.387 e. The maximum Gasteiger partial charge on any atom is 0.472 e. The molecule has 0 saturated carbocycles. The molecule has 1 amide bonds. The van der Waals surface area contributed by atoms with Crippen LogP contribution in [0.3, 0.4) is 0 Å². The van der Waals surface area contributed by atoms with Gasteiger partial charge in [-0.3, -0.25) is 13.8 Å². The van der Waals surface area contributed by atoms with Crippen LogP contribution in [0.4, 0.5) is 0 Å². The van der Waals surface area contributed by atoms with Crippen molar-refractivity contribution in [3.63, 3.8) is 0 Å². The fourth-order valence-corrected chi connectivity index (χ4v) is 9.62. The number of aliphatic hydroxyl groups excluding tert-OH is 1. The van der Waals surface area contributed by atoms with Crippen LogP contribution in [0.5, 0.6) is 0 Å². The summed E-state index contributed by atoms with van der Waals surface area (Å²) in [6.07, 6.45) is 82.4. The van der Waals surface area contributed by atoms with E-state index >= 15 is 0 Å². The second-order valence-corrected chi connectivity index (χ2v) is 23.8. The third-order valence-corrected chi connectivity index (χ3v) is 14.8. The van der Waals surface area contributed by atoms with E-state index in [2.05, 4.69) is 104 Å². The Morgan fingerprint density at radius 3 is 1.21 bits per heavy atom. The number of allylic oxidation sites excluding steroid dienone is 15. The molecule has 0 rings (SSSR count). The number of phosphoric ester groups is 1. The van der Waals surface area contributed by atoms with Crippen molar-refractivity contribution in [1.82, 2.24) is 5.32 Å². The van der Waals surface area contributed by atoms with E-state index in [0.717, 1.165) is 83.5 Å². The summed E-state index contributed by atoms with van der Waals surface area (Å²) < 4.78 is 23.7. The van der Waals surface area contributed by atoms with Gasteiger partial charge in [-0.2, -0.15) is 0 Å². The molecule has 0 aliphatic rings. The Labute approximate surface area is 470 Å². The van der Waals surface area contributed by atoms with E-state index < -0.39 is 20.0 Å². The molecular formula is C67H122N2O6P+. The van der Waals surface area contributed by atoms with E-state index in [1.54, 1.807) is 6.08 Å². The van der Waals surface area contributed by atoms with E-state index in [1.807, 2.05) is 27.2 Å². The second kappa shape index (κ2) is 57.1. The topological polar surface area (TPSA) is 105 Å². The van der Waals surface area contributed by atoms with Gasteiger partial charge in [0.1, 0.15) is 13.2 Å². The molecule has 8 nitrogen and oxygen atoms in total. The van der Waals surface area contributed by atoms with Crippen LogP contribution in [0, 0.1) is 0 Å². The summed E-state index contributed by atoms with van der Waals surface area (Å²) in [5, 5.41) is 14.0. The molecule has 0 aromatic heterocycles. The summed E-state index contributed by atoms with van der Waals surface area (Å²) in [6, 6.07) is -0.873. The molecule has 440 valence electrons. The maximum atomic E-state index is 13.0. The minimum Gasteiger partial charge on any atom is -0.387 e. The zero-order chi connectivity index (χ0) is 55.6. The average molecular weight is 1080 g/mol. The highest BCUT2D eigenvalue weighted by Gasteiger charge is 2.27. The summed E-state index contributed by atoms with van der Waals surface area (Å²) in [5.41, 5.74) is 0. The van der Waals surface area contributed by atoms with Crippen molar-refractivity contribution < 1.29 is 32.9 Å². The van der Waals surface area contributed by atoms with E-state index in [1.165, 1.54) is 167 Å². The van der Waals surface area contributed by atoms with Crippen molar-refractivity contribution in [1.29, 1.82) is 0 Å². The van der Waals surface area contributed by atoms with Gasteiger partial charge in [-0.25, -0.2) is 4.57 Å². The number of phosphoric acid groups is 1. The molecule has 0 aliphatic carbocycles. The Balaban J connectivity index is 4.22. The number of amides is 1. The highest BCUT2D eigenvalue weighted by atomic mass is 31.2. The van der Waals surface area contributed by atoms with Gasteiger partial charge in [0.2, 0.25) is 5.91 Å². The van der Waals surface area contributed by atoms with Gasteiger partial charge in [0.05, 0.1) is 39.9 Å². The Hall–Kier alpha value is -2.58. The van der Waals surface area contributed by atoms with Crippen LogP contribution < -0.4 is 5.32 Å². The molecule has 0 aromatic carbocycles. The number of unbranched alkanes of at least 4 members (excludes halogenated alkanes) is 30. The number of likely N-dealkylation sites (N-methyl/N-ethyl adjacent to an activating group) is 1. The molecule has 0 aromatic rings. The lowest BCUT2D eigenvalue weighted by atomic mass is 10.0. The van der Waals surface area contributed by atoms with Crippen LogP contribution in [0.2, 0.25) is 0 Å². The Morgan fingerprint density at radius 1 is 0.461 bits per heavy atom. The van der Waals surface area contributed by atoms with Crippen LogP contribution >= 0.6 is 7.82 Å². The fraction of sp³-hybridized carbons (Fsp3) is 0.746. The first-order valence-corrected chi connectivity index (χ1v) is 33.1. The minimum absolute atomic E-state index is 0.0512. The largest absolute Gasteiger partial charge is 0.472 e. The molecule has 0 heterocycles. The predicted octanol–water partition coefficient (Wildman–Crippen LogP) is 19.8.